The topological polar surface area (TPSA) is 12.0 Å². The van der Waals surface area contributed by atoms with Crippen molar-refractivity contribution in [2.45, 2.75) is 26.9 Å². The van der Waals surface area contributed by atoms with E-state index in [1.807, 2.05) is 0 Å². The summed E-state index contributed by atoms with van der Waals surface area (Å²) >= 11 is 3.16. The largest absolute Gasteiger partial charge is 0.416 e. The zero-order valence-electron chi connectivity index (χ0n) is 10.6. The fraction of sp³-hybridized carbons (Fsp3) is 0.538. The molecule has 0 aliphatic rings. The van der Waals surface area contributed by atoms with Crippen LogP contribution >= 0.6 is 15.9 Å². The van der Waals surface area contributed by atoms with E-state index in [1.54, 1.807) is 0 Å². The molecule has 0 amide bonds. The van der Waals surface area contributed by atoms with E-state index in [0.29, 0.717) is 22.0 Å². The zero-order chi connectivity index (χ0) is 13.9. The molecule has 0 heterocycles. The molecule has 1 unspecified atom stereocenters. The molecule has 1 N–H and O–H groups in total. The van der Waals surface area contributed by atoms with E-state index in [9.17, 15) is 13.2 Å². The van der Waals surface area contributed by atoms with Crippen LogP contribution in [0, 0.1) is 11.8 Å². The summed E-state index contributed by atoms with van der Waals surface area (Å²) < 4.78 is 37.9. The summed E-state index contributed by atoms with van der Waals surface area (Å²) in [6.07, 6.45) is -4.30. The summed E-state index contributed by atoms with van der Waals surface area (Å²) in [7, 11) is 0. The van der Waals surface area contributed by atoms with Gasteiger partial charge in [0.1, 0.15) is 0 Å². The maximum Gasteiger partial charge on any atom is 0.416 e. The van der Waals surface area contributed by atoms with Crippen molar-refractivity contribution in [3.05, 3.63) is 28.2 Å². The first-order valence-electron chi connectivity index (χ1n) is 5.82. The predicted molar refractivity (Wildman–Crippen MR) is 71.6 cm³/mol. The van der Waals surface area contributed by atoms with Crippen LogP contribution in [-0.2, 0) is 6.18 Å². The van der Waals surface area contributed by atoms with Gasteiger partial charge in [0.05, 0.1) is 5.56 Å². The molecule has 0 fully saturated rings. The van der Waals surface area contributed by atoms with Gasteiger partial charge in [0, 0.05) is 16.7 Å². The highest BCUT2D eigenvalue weighted by Crippen LogP contribution is 2.34. The number of halogens is 4. The van der Waals surface area contributed by atoms with Gasteiger partial charge in [-0.25, -0.2) is 0 Å². The second-order valence-electron chi connectivity index (χ2n) is 4.79. The number of hydrogen-bond acceptors (Lipinski definition) is 1. The number of rotatable bonds is 4. The average Bonchev–Trinajstić information content (AvgIpc) is 2.25. The van der Waals surface area contributed by atoms with Crippen molar-refractivity contribution in [1.82, 2.24) is 0 Å². The van der Waals surface area contributed by atoms with Gasteiger partial charge in [-0.15, -0.1) is 0 Å². The van der Waals surface area contributed by atoms with Gasteiger partial charge in [0.2, 0.25) is 0 Å². The molecule has 0 saturated carbocycles. The lowest BCUT2D eigenvalue weighted by molar-refractivity contribution is -0.137. The van der Waals surface area contributed by atoms with Crippen molar-refractivity contribution in [2.24, 2.45) is 11.8 Å². The van der Waals surface area contributed by atoms with Crippen LogP contribution in [0.4, 0.5) is 18.9 Å². The Labute approximate surface area is 114 Å². The first-order valence-corrected chi connectivity index (χ1v) is 6.61. The third-order valence-corrected chi connectivity index (χ3v) is 3.71. The van der Waals surface area contributed by atoms with Gasteiger partial charge in [-0.1, -0.05) is 20.8 Å². The van der Waals surface area contributed by atoms with E-state index in [1.165, 1.54) is 6.07 Å². The lowest BCUT2D eigenvalue weighted by atomic mass is 9.98. The van der Waals surface area contributed by atoms with Gasteiger partial charge in [-0.3, -0.25) is 0 Å². The third kappa shape index (κ3) is 4.19. The summed E-state index contributed by atoms with van der Waals surface area (Å²) in [5.74, 6) is 0.991. The molecule has 18 heavy (non-hydrogen) atoms. The minimum absolute atomic E-state index is 0.438. The Balaban J connectivity index is 2.75. The third-order valence-electron chi connectivity index (χ3n) is 3.05. The Morgan fingerprint density at radius 2 is 1.83 bits per heavy atom. The van der Waals surface area contributed by atoms with Crippen molar-refractivity contribution in [3.8, 4) is 0 Å². The molecule has 0 spiro atoms. The minimum atomic E-state index is -4.30. The normalized spacial score (nSPS) is 13.8. The number of alkyl halides is 3. The van der Waals surface area contributed by atoms with Crippen LogP contribution in [0.2, 0.25) is 0 Å². The smallest absolute Gasteiger partial charge is 0.384 e. The molecule has 1 atom stereocenters. The molecule has 0 aliphatic heterocycles. The maximum absolute atomic E-state index is 12.5. The summed E-state index contributed by atoms with van der Waals surface area (Å²) in [5, 5.41) is 3.16. The van der Waals surface area contributed by atoms with E-state index in [4.69, 9.17) is 0 Å². The first-order chi connectivity index (χ1) is 8.21. The van der Waals surface area contributed by atoms with Gasteiger partial charge < -0.3 is 5.32 Å². The molecule has 0 saturated heterocycles. The van der Waals surface area contributed by atoms with E-state index >= 15 is 0 Å². The Hall–Kier alpha value is -0.710. The van der Waals surface area contributed by atoms with Crippen molar-refractivity contribution in [3.63, 3.8) is 0 Å². The van der Waals surface area contributed by atoms with E-state index in [0.717, 1.165) is 18.7 Å². The summed E-state index contributed by atoms with van der Waals surface area (Å²) in [6, 6.07) is 3.65. The maximum atomic E-state index is 12.5. The second kappa shape index (κ2) is 5.95. The minimum Gasteiger partial charge on any atom is -0.384 e. The molecule has 5 heteroatoms. The Morgan fingerprint density at radius 3 is 2.28 bits per heavy atom. The summed E-state index contributed by atoms with van der Waals surface area (Å²) in [5.41, 5.74) is 0.0485. The molecule has 102 valence electrons. The van der Waals surface area contributed by atoms with Gasteiger partial charge in [0.15, 0.2) is 0 Å². The predicted octanol–water partition coefficient (Wildman–Crippen LogP) is 5.17. The monoisotopic (exact) mass is 323 g/mol. The second-order valence-corrected chi connectivity index (χ2v) is 5.65. The van der Waals surface area contributed by atoms with E-state index in [2.05, 4.69) is 42.0 Å². The summed E-state index contributed by atoms with van der Waals surface area (Å²) in [4.78, 5) is 0. The van der Waals surface area contributed by atoms with Crippen molar-refractivity contribution in [2.75, 3.05) is 11.9 Å². The molecule has 1 aromatic rings. The van der Waals surface area contributed by atoms with Gasteiger partial charge >= 0.3 is 6.18 Å². The fourth-order valence-electron chi connectivity index (χ4n) is 1.34. The molecule has 1 nitrogen and oxygen atoms in total. The molecule has 0 aromatic heterocycles. The van der Waals surface area contributed by atoms with Crippen LogP contribution in [0.15, 0.2) is 22.7 Å². The molecule has 1 rings (SSSR count). The Morgan fingerprint density at radius 1 is 1.22 bits per heavy atom. The Kier molecular flexibility index (Phi) is 5.08. The first kappa shape index (κ1) is 15.3. The molecule has 1 aromatic carbocycles. The van der Waals surface area contributed by atoms with Crippen molar-refractivity contribution >= 4 is 21.6 Å². The summed E-state index contributed by atoms with van der Waals surface area (Å²) in [6.45, 7) is 7.08. The van der Waals surface area contributed by atoms with Crippen LogP contribution < -0.4 is 5.32 Å². The van der Waals surface area contributed by atoms with Gasteiger partial charge in [-0.05, 0) is 46.0 Å². The molecule has 0 radical (unpaired) electrons. The SMILES string of the molecule is CC(C)C(C)CNc1ccc(C(F)(F)F)cc1Br. The lowest BCUT2D eigenvalue weighted by Crippen LogP contribution is -2.16. The molecule has 0 aliphatic carbocycles. The quantitative estimate of drug-likeness (QED) is 0.805. The average molecular weight is 324 g/mol. The molecule has 0 bridgehead atoms. The number of nitrogens with one attached hydrogen (secondary N) is 1. The van der Waals surface area contributed by atoms with Crippen molar-refractivity contribution < 1.29 is 13.2 Å². The van der Waals surface area contributed by atoms with Crippen LogP contribution in [0.1, 0.15) is 26.3 Å². The number of hydrogen-bond donors (Lipinski definition) is 1. The Bertz CT molecular complexity index is 402. The van der Waals surface area contributed by atoms with Gasteiger partial charge in [-0.2, -0.15) is 13.2 Å². The zero-order valence-corrected chi connectivity index (χ0v) is 12.2. The van der Waals surface area contributed by atoms with E-state index < -0.39 is 11.7 Å². The fourth-order valence-corrected chi connectivity index (χ4v) is 1.86. The standard InChI is InChI=1S/C13H17BrF3N/c1-8(2)9(3)7-18-12-5-4-10(6-11(12)14)13(15,16)17/h4-6,8-9,18H,7H2,1-3H3. The van der Waals surface area contributed by atoms with Crippen LogP contribution in [0.5, 0.6) is 0 Å². The van der Waals surface area contributed by atoms with Gasteiger partial charge in [0.25, 0.3) is 0 Å². The van der Waals surface area contributed by atoms with Crippen LogP contribution in [0.25, 0.3) is 0 Å². The molecular weight excluding hydrogens is 307 g/mol. The van der Waals surface area contributed by atoms with Crippen LogP contribution in [0.3, 0.4) is 0 Å². The van der Waals surface area contributed by atoms with Crippen molar-refractivity contribution in [1.29, 1.82) is 0 Å². The van der Waals surface area contributed by atoms with E-state index in [-0.39, 0.29) is 0 Å². The lowest BCUT2D eigenvalue weighted by Gasteiger charge is -2.18. The highest BCUT2D eigenvalue weighted by Gasteiger charge is 2.30. The number of anilines is 1. The highest BCUT2D eigenvalue weighted by molar-refractivity contribution is 9.10. The van der Waals surface area contributed by atoms with Crippen LogP contribution in [-0.4, -0.2) is 6.54 Å². The number of benzene rings is 1. The molecular formula is C13H17BrF3N. The highest BCUT2D eigenvalue weighted by atomic mass is 79.9.